The fraction of sp³-hybridized carbons (Fsp3) is 0.269. The number of aryl methyl sites for hydroxylation is 1. The number of unbranched alkanes of at least 4 members (excludes halogenated alkanes) is 1. The van der Waals surface area contributed by atoms with Crippen molar-refractivity contribution < 1.29 is 14.4 Å². The average molecular weight is 710 g/mol. The molecule has 0 unspecified atom stereocenters. The first-order valence-corrected chi connectivity index (χ1v) is 13.7. The smallest absolute Gasteiger partial charge is 0.278 e. The number of aromatic nitrogens is 4. The number of nitrogens with one attached hydrogen (secondary N) is 1. The quantitative estimate of drug-likeness (QED) is 0.145. The molecule has 3 aromatic heterocycles. The first-order chi connectivity index (χ1) is 19.1. The minimum absolute atomic E-state index is 0.108. The standard InChI is InChI=1S/C10H12ClN3O.C8H4BrClN2O.C8H5BrN2O/c1-3-4-5-8-13-9(10(11)14-8)7(15)6-12-2;1-11-4-7(13)8-6(10)2-5(9)3-12-8;1-10-5-7(12)6-2-3-8(9)11-4-6/h3-6H2,1H3,(H,13,14);2-3H,4H2;2-4H,5H2. The van der Waals surface area contributed by atoms with E-state index in [1.165, 1.54) is 12.4 Å². The number of aromatic amines is 1. The molecule has 0 aliphatic carbocycles. The molecule has 0 spiro atoms. The van der Waals surface area contributed by atoms with Crippen molar-refractivity contribution in [1.29, 1.82) is 0 Å². The summed E-state index contributed by atoms with van der Waals surface area (Å²) in [7, 11) is 0. The van der Waals surface area contributed by atoms with E-state index in [0.717, 1.165) is 25.1 Å². The molecule has 0 atom stereocenters. The number of Topliss-reactive ketones (excluding diaryl/α,β-unsaturated/α-hetero) is 3. The number of ketones is 3. The summed E-state index contributed by atoms with van der Waals surface area (Å²) in [4.78, 5) is 57.3. The highest BCUT2D eigenvalue weighted by Gasteiger charge is 2.18. The first-order valence-electron chi connectivity index (χ1n) is 11.3. The molecule has 40 heavy (non-hydrogen) atoms. The van der Waals surface area contributed by atoms with E-state index in [4.69, 9.17) is 42.9 Å². The van der Waals surface area contributed by atoms with Crippen LogP contribution in [-0.4, -0.2) is 56.9 Å². The summed E-state index contributed by atoms with van der Waals surface area (Å²) in [6.07, 6.45) is 5.77. The van der Waals surface area contributed by atoms with Crippen molar-refractivity contribution in [1.82, 2.24) is 19.9 Å². The number of H-pyrrole nitrogens is 1. The number of nitrogens with zero attached hydrogens (tertiary/aromatic N) is 6. The lowest BCUT2D eigenvalue weighted by atomic mass is 10.2. The summed E-state index contributed by atoms with van der Waals surface area (Å²) in [6, 6.07) is 4.90. The van der Waals surface area contributed by atoms with Crippen LogP contribution >= 0.6 is 55.1 Å². The number of carbonyl (C=O) groups is 3. The van der Waals surface area contributed by atoms with Crippen LogP contribution in [0.15, 0.2) is 39.7 Å². The fourth-order valence-corrected chi connectivity index (χ4v) is 3.89. The molecule has 3 heterocycles. The summed E-state index contributed by atoms with van der Waals surface area (Å²) in [5.41, 5.74) is 0.828. The Morgan fingerprint density at radius 2 is 1.50 bits per heavy atom. The molecule has 14 heteroatoms. The van der Waals surface area contributed by atoms with Crippen LogP contribution in [0.4, 0.5) is 0 Å². The zero-order valence-electron chi connectivity index (χ0n) is 21.0. The second-order valence-corrected chi connectivity index (χ2v) is 10.0. The first kappa shape index (κ1) is 34.6. The Bertz CT molecular complexity index is 1460. The van der Waals surface area contributed by atoms with Gasteiger partial charge in [0.15, 0.2) is 5.69 Å². The molecule has 1 N–H and O–H groups in total. The molecule has 0 saturated carbocycles. The molecule has 0 aliphatic heterocycles. The third-order valence-electron chi connectivity index (χ3n) is 4.53. The van der Waals surface area contributed by atoms with E-state index in [-0.39, 0.29) is 58.5 Å². The Morgan fingerprint density at radius 3 is 2.02 bits per heavy atom. The van der Waals surface area contributed by atoms with Crippen LogP contribution in [0.5, 0.6) is 0 Å². The highest BCUT2D eigenvalue weighted by atomic mass is 79.9. The van der Waals surface area contributed by atoms with Gasteiger partial charge in [0.1, 0.15) is 21.3 Å². The zero-order valence-corrected chi connectivity index (χ0v) is 25.7. The van der Waals surface area contributed by atoms with Crippen molar-refractivity contribution >= 4 is 72.4 Å². The van der Waals surface area contributed by atoms with Crippen molar-refractivity contribution in [3.63, 3.8) is 0 Å². The van der Waals surface area contributed by atoms with Gasteiger partial charge in [-0.25, -0.2) is 29.7 Å². The molecule has 10 nitrogen and oxygen atoms in total. The van der Waals surface area contributed by atoms with Crippen LogP contribution in [0.25, 0.3) is 14.5 Å². The van der Waals surface area contributed by atoms with E-state index in [1.807, 2.05) is 0 Å². The lowest BCUT2D eigenvalue weighted by Gasteiger charge is -1.97. The normalized spacial score (nSPS) is 9.45. The number of halogens is 4. The Labute approximate surface area is 258 Å². The summed E-state index contributed by atoms with van der Waals surface area (Å²) in [5.74, 6) is -0.151. The second-order valence-electron chi connectivity index (χ2n) is 7.52. The van der Waals surface area contributed by atoms with Crippen LogP contribution in [-0.2, 0) is 6.42 Å². The molecular formula is C26H21Br2Cl2N7O3. The van der Waals surface area contributed by atoms with Crippen LogP contribution < -0.4 is 0 Å². The van der Waals surface area contributed by atoms with Gasteiger partial charge in [-0.15, -0.1) is 0 Å². The molecular weight excluding hydrogens is 689 g/mol. The third-order valence-corrected chi connectivity index (χ3v) is 5.99. The number of pyridine rings is 2. The van der Waals surface area contributed by atoms with Gasteiger partial charge in [0.05, 0.1) is 5.02 Å². The van der Waals surface area contributed by atoms with E-state index >= 15 is 0 Å². The molecule has 3 rings (SSSR count). The minimum atomic E-state index is -0.354. The molecule has 0 bridgehead atoms. The van der Waals surface area contributed by atoms with Crippen LogP contribution in [0.1, 0.15) is 56.9 Å². The van der Waals surface area contributed by atoms with Gasteiger partial charge in [0.2, 0.25) is 5.78 Å². The third kappa shape index (κ3) is 12.1. The molecule has 206 valence electrons. The summed E-state index contributed by atoms with van der Waals surface area (Å²) in [6.45, 7) is 21.2. The van der Waals surface area contributed by atoms with E-state index in [2.05, 4.69) is 73.3 Å². The van der Waals surface area contributed by atoms with Crippen molar-refractivity contribution in [3.8, 4) is 0 Å². The van der Waals surface area contributed by atoms with Gasteiger partial charge < -0.3 is 19.5 Å². The predicted octanol–water partition coefficient (Wildman–Crippen LogP) is 7.05. The molecule has 0 aliphatic rings. The lowest BCUT2D eigenvalue weighted by Crippen LogP contribution is -2.05. The maximum absolute atomic E-state index is 11.4. The predicted molar refractivity (Wildman–Crippen MR) is 158 cm³/mol. The minimum Gasteiger partial charge on any atom is -0.332 e. The molecule has 0 saturated heterocycles. The van der Waals surface area contributed by atoms with Crippen molar-refractivity contribution in [2.45, 2.75) is 26.2 Å². The SMILES string of the molecule is [C-]#[N+]CC(=O)c1ccc(Br)nc1.[C-]#[N+]CC(=O)c1nc(CCCC)[nH]c1Cl.[C-]#[N+]CC(=O)c1ncc(Br)cc1Cl. The number of carbonyl (C=O) groups excluding carboxylic acids is 3. The molecule has 3 aromatic rings. The fourth-order valence-electron chi connectivity index (χ4n) is 2.66. The zero-order chi connectivity index (χ0) is 30.1. The highest BCUT2D eigenvalue weighted by molar-refractivity contribution is 9.10. The van der Waals surface area contributed by atoms with Gasteiger partial charge in [0, 0.05) is 28.9 Å². The van der Waals surface area contributed by atoms with E-state index in [1.54, 1.807) is 18.2 Å². The van der Waals surface area contributed by atoms with Crippen molar-refractivity contribution in [3.05, 3.63) is 107 Å². The largest absolute Gasteiger partial charge is 0.332 e. The number of rotatable bonds is 9. The lowest BCUT2D eigenvalue weighted by molar-refractivity contribution is 0.0997. The topological polar surface area (TPSA) is 119 Å². The van der Waals surface area contributed by atoms with Gasteiger partial charge in [-0.3, -0.25) is 19.4 Å². The second kappa shape index (κ2) is 18.8. The Kier molecular flexibility index (Phi) is 16.2. The number of hydrogen-bond donors (Lipinski definition) is 1. The van der Waals surface area contributed by atoms with Gasteiger partial charge in [-0.05, 0) is 56.5 Å². The number of hydrogen-bond acceptors (Lipinski definition) is 6. The summed E-state index contributed by atoms with van der Waals surface area (Å²) >= 11 is 17.9. The summed E-state index contributed by atoms with van der Waals surface area (Å²) < 4.78 is 1.39. The van der Waals surface area contributed by atoms with E-state index < -0.39 is 0 Å². The number of imidazole rings is 1. The molecule has 0 aromatic carbocycles. The molecule has 0 fully saturated rings. The molecule has 0 radical (unpaired) electrons. The average Bonchev–Trinajstić information content (AvgIpc) is 3.29. The van der Waals surface area contributed by atoms with Gasteiger partial charge in [-0.1, -0.05) is 36.5 Å². The highest BCUT2D eigenvalue weighted by Crippen LogP contribution is 2.19. The Morgan fingerprint density at radius 1 is 0.900 bits per heavy atom. The Balaban J connectivity index is 0.000000302. The van der Waals surface area contributed by atoms with Crippen molar-refractivity contribution in [2.24, 2.45) is 0 Å². The van der Waals surface area contributed by atoms with Crippen molar-refractivity contribution in [2.75, 3.05) is 19.6 Å². The monoisotopic (exact) mass is 707 g/mol. The van der Waals surface area contributed by atoms with Gasteiger partial charge >= 0.3 is 0 Å². The van der Waals surface area contributed by atoms with Crippen LogP contribution in [0, 0.1) is 19.7 Å². The molecule has 0 amide bonds. The van der Waals surface area contributed by atoms with Crippen LogP contribution in [0.3, 0.4) is 0 Å². The van der Waals surface area contributed by atoms with E-state index in [9.17, 15) is 14.4 Å². The summed E-state index contributed by atoms with van der Waals surface area (Å²) in [5, 5.41) is 0.512. The van der Waals surface area contributed by atoms with Gasteiger partial charge in [0.25, 0.3) is 31.2 Å². The Hall–Kier alpha value is -3.47. The van der Waals surface area contributed by atoms with Crippen LogP contribution in [0.2, 0.25) is 10.2 Å². The maximum atomic E-state index is 11.4. The van der Waals surface area contributed by atoms with Gasteiger partial charge in [-0.2, -0.15) is 0 Å². The maximum Gasteiger partial charge on any atom is 0.278 e. The van der Waals surface area contributed by atoms with E-state index in [0.29, 0.717) is 14.6 Å².